The lowest BCUT2D eigenvalue weighted by Gasteiger charge is -2.14. The molecule has 0 bridgehead atoms. The van der Waals surface area contributed by atoms with Crippen LogP contribution in [0, 0.1) is 5.82 Å². The molecule has 0 saturated carbocycles. The first-order valence-electron chi connectivity index (χ1n) is 7.88. The van der Waals surface area contributed by atoms with E-state index in [9.17, 15) is 22.4 Å². The van der Waals surface area contributed by atoms with Crippen molar-refractivity contribution in [1.29, 1.82) is 0 Å². The van der Waals surface area contributed by atoms with Crippen molar-refractivity contribution in [3.63, 3.8) is 0 Å². The van der Waals surface area contributed by atoms with Crippen LogP contribution in [0.2, 0.25) is 5.02 Å². The van der Waals surface area contributed by atoms with Crippen LogP contribution in [-0.2, 0) is 17.4 Å². The molecule has 0 saturated heterocycles. The highest BCUT2D eigenvalue weighted by Gasteiger charge is 2.34. The van der Waals surface area contributed by atoms with Crippen LogP contribution in [0.1, 0.15) is 17.5 Å². The Morgan fingerprint density at radius 1 is 1.08 bits per heavy atom. The van der Waals surface area contributed by atoms with Gasteiger partial charge in [-0.05, 0) is 42.8 Å². The Labute approximate surface area is 153 Å². The van der Waals surface area contributed by atoms with Gasteiger partial charge in [0.1, 0.15) is 5.82 Å². The second kappa shape index (κ2) is 9.00. The lowest BCUT2D eigenvalue weighted by molar-refractivity contribution is -0.137. The first-order valence-corrected chi connectivity index (χ1v) is 8.26. The Balaban J connectivity index is 1.80. The molecule has 0 spiro atoms. The number of amides is 1. The summed E-state index contributed by atoms with van der Waals surface area (Å²) in [6.07, 6.45) is -4.19. The van der Waals surface area contributed by atoms with E-state index in [0.29, 0.717) is 18.5 Å². The molecule has 0 aliphatic heterocycles. The molecule has 0 aliphatic carbocycles. The number of nitrogens with one attached hydrogen (secondary N) is 2. The molecular weight excluding hydrogens is 372 g/mol. The van der Waals surface area contributed by atoms with Gasteiger partial charge in [-0.25, -0.2) is 4.39 Å². The van der Waals surface area contributed by atoms with Crippen molar-refractivity contribution in [2.24, 2.45) is 0 Å². The van der Waals surface area contributed by atoms with Crippen LogP contribution in [-0.4, -0.2) is 19.0 Å². The summed E-state index contributed by atoms with van der Waals surface area (Å²) in [6.45, 7) is 0.707. The van der Waals surface area contributed by atoms with Gasteiger partial charge in [0.05, 0.1) is 11.3 Å². The van der Waals surface area contributed by atoms with Crippen LogP contribution in [0.4, 0.5) is 23.2 Å². The van der Waals surface area contributed by atoms with E-state index in [0.717, 1.165) is 12.1 Å². The maximum absolute atomic E-state index is 13.4. The molecule has 0 aliphatic rings. The maximum Gasteiger partial charge on any atom is 0.418 e. The highest BCUT2D eigenvalue weighted by molar-refractivity contribution is 6.30. The topological polar surface area (TPSA) is 41.1 Å². The van der Waals surface area contributed by atoms with Gasteiger partial charge < -0.3 is 10.6 Å². The largest absolute Gasteiger partial charge is 0.418 e. The zero-order chi connectivity index (χ0) is 19.2. The molecule has 0 radical (unpaired) electrons. The van der Waals surface area contributed by atoms with Gasteiger partial charge in [0, 0.05) is 18.0 Å². The van der Waals surface area contributed by atoms with Crippen molar-refractivity contribution < 1.29 is 22.4 Å². The molecule has 2 aromatic carbocycles. The van der Waals surface area contributed by atoms with E-state index >= 15 is 0 Å². The molecule has 2 aromatic rings. The Kier molecular flexibility index (Phi) is 6.99. The molecule has 2 N–H and O–H groups in total. The summed E-state index contributed by atoms with van der Waals surface area (Å²) in [4.78, 5) is 11.9. The zero-order valence-corrected chi connectivity index (χ0v) is 14.4. The van der Waals surface area contributed by atoms with Crippen LogP contribution in [0.25, 0.3) is 0 Å². The van der Waals surface area contributed by atoms with Crippen molar-refractivity contribution in [3.05, 3.63) is 64.4 Å². The number of hydrogen-bond acceptors (Lipinski definition) is 2. The number of benzene rings is 2. The SMILES string of the molecule is O=C(CCNCCc1ccccc1F)Nc1ccc(Cl)cc1C(F)(F)F. The van der Waals surface area contributed by atoms with Crippen molar-refractivity contribution in [1.82, 2.24) is 5.32 Å². The quantitative estimate of drug-likeness (QED) is 0.535. The molecule has 140 valence electrons. The molecule has 0 unspecified atom stereocenters. The molecule has 26 heavy (non-hydrogen) atoms. The smallest absolute Gasteiger partial charge is 0.325 e. The van der Waals surface area contributed by atoms with E-state index in [4.69, 9.17) is 11.6 Å². The third kappa shape index (κ3) is 6.00. The summed E-state index contributed by atoms with van der Waals surface area (Å²) >= 11 is 5.59. The minimum absolute atomic E-state index is 0.0167. The fraction of sp³-hybridized carbons (Fsp3) is 0.278. The number of carbonyl (C=O) groups is 1. The van der Waals surface area contributed by atoms with Crippen molar-refractivity contribution in [2.45, 2.75) is 19.0 Å². The summed E-state index contributed by atoms with van der Waals surface area (Å²) in [5, 5.41) is 5.14. The van der Waals surface area contributed by atoms with Gasteiger partial charge in [0.25, 0.3) is 0 Å². The van der Waals surface area contributed by atoms with Crippen molar-refractivity contribution in [2.75, 3.05) is 18.4 Å². The molecule has 0 fully saturated rings. The minimum atomic E-state index is -4.62. The first-order chi connectivity index (χ1) is 12.3. The van der Waals surface area contributed by atoms with Gasteiger partial charge in [-0.1, -0.05) is 29.8 Å². The van der Waals surface area contributed by atoms with Crippen LogP contribution < -0.4 is 10.6 Å². The van der Waals surface area contributed by atoms with E-state index in [-0.39, 0.29) is 29.5 Å². The number of alkyl halides is 3. The fourth-order valence-corrected chi connectivity index (χ4v) is 2.50. The molecule has 0 atom stereocenters. The minimum Gasteiger partial charge on any atom is -0.325 e. The Hall–Kier alpha value is -2.12. The molecule has 1 amide bonds. The summed E-state index contributed by atoms with van der Waals surface area (Å²) < 4.78 is 52.4. The number of rotatable bonds is 7. The molecule has 0 aromatic heterocycles. The van der Waals surface area contributed by atoms with Gasteiger partial charge in [-0.3, -0.25) is 4.79 Å². The van der Waals surface area contributed by atoms with Crippen molar-refractivity contribution >= 4 is 23.2 Å². The Bertz CT molecular complexity index is 765. The van der Waals surface area contributed by atoms with E-state index < -0.39 is 17.6 Å². The number of carbonyl (C=O) groups excluding carboxylic acids is 1. The number of halogens is 5. The summed E-state index contributed by atoms with van der Waals surface area (Å²) in [5.74, 6) is -0.856. The average Bonchev–Trinajstić information content (AvgIpc) is 2.57. The predicted molar refractivity (Wildman–Crippen MR) is 92.7 cm³/mol. The molecule has 0 heterocycles. The van der Waals surface area contributed by atoms with Crippen LogP contribution in [0.3, 0.4) is 0 Å². The summed E-state index contributed by atoms with van der Waals surface area (Å²) in [5.41, 5.74) is -0.774. The van der Waals surface area contributed by atoms with Gasteiger partial charge in [0.2, 0.25) is 5.91 Å². The van der Waals surface area contributed by atoms with E-state index in [2.05, 4.69) is 10.6 Å². The van der Waals surface area contributed by atoms with E-state index in [1.54, 1.807) is 18.2 Å². The van der Waals surface area contributed by atoms with E-state index in [1.807, 2.05) is 0 Å². The number of hydrogen-bond donors (Lipinski definition) is 2. The molecular formula is C18H17ClF4N2O. The van der Waals surface area contributed by atoms with Gasteiger partial charge in [-0.15, -0.1) is 0 Å². The second-order valence-corrected chi connectivity index (χ2v) is 6.01. The summed E-state index contributed by atoms with van der Waals surface area (Å²) in [6, 6.07) is 9.53. The standard InChI is InChI=1S/C18H17ClF4N2O/c19-13-5-6-16(14(11-13)18(21,22)23)25-17(26)8-10-24-9-7-12-3-1-2-4-15(12)20/h1-6,11,24H,7-10H2,(H,25,26). The van der Waals surface area contributed by atoms with E-state index in [1.165, 1.54) is 12.1 Å². The van der Waals surface area contributed by atoms with Crippen molar-refractivity contribution in [3.8, 4) is 0 Å². The Morgan fingerprint density at radius 2 is 1.81 bits per heavy atom. The predicted octanol–water partition coefficient (Wildman–Crippen LogP) is 4.66. The zero-order valence-electron chi connectivity index (χ0n) is 13.7. The molecule has 2 rings (SSSR count). The lowest BCUT2D eigenvalue weighted by Crippen LogP contribution is -2.24. The maximum atomic E-state index is 13.4. The normalized spacial score (nSPS) is 11.4. The van der Waals surface area contributed by atoms with Crippen LogP contribution >= 0.6 is 11.6 Å². The monoisotopic (exact) mass is 388 g/mol. The first kappa shape index (κ1) is 20.2. The fourth-order valence-electron chi connectivity index (χ4n) is 2.32. The van der Waals surface area contributed by atoms with Crippen LogP contribution in [0.15, 0.2) is 42.5 Å². The molecule has 3 nitrogen and oxygen atoms in total. The number of anilines is 1. The lowest BCUT2D eigenvalue weighted by atomic mass is 10.1. The molecule has 8 heteroatoms. The van der Waals surface area contributed by atoms with Gasteiger partial charge >= 0.3 is 6.18 Å². The Morgan fingerprint density at radius 3 is 2.50 bits per heavy atom. The van der Waals surface area contributed by atoms with Crippen LogP contribution in [0.5, 0.6) is 0 Å². The third-order valence-corrected chi connectivity index (χ3v) is 3.85. The second-order valence-electron chi connectivity index (χ2n) is 5.58. The van der Waals surface area contributed by atoms with Gasteiger partial charge in [0.15, 0.2) is 0 Å². The highest BCUT2D eigenvalue weighted by Crippen LogP contribution is 2.36. The summed E-state index contributed by atoms with van der Waals surface area (Å²) in [7, 11) is 0. The average molecular weight is 389 g/mol. The van der Waals surface area contributed by atoms with Gasteiger partial charge in [-0.2, -0.15) is 13.2 Å². The third-order valence-electron chi connectivity index (χ3n) is 3.62. The highest BCUT2D eigenvalue weighted by atomic mass is 35.5.